The van der Waals surface area contributed by atoms with Crippen molar-refractivity contribution in [2.75, 3.05) is 36.6 Å². The second-order valence-electron chi connectivity index (χ2n) is 4.28. The van der Waals surface area contributed by atoms with Crippen LogP contribution in [0, 0.1) is 6.92 Å². The van der Waals surface area contributed by atoms with Gasteiger partial charge in [-0.05, 0) is 12.3 Å². The van der Waals surface area contributed by atoms with Gasteiger partial charge in [-0.3, -0.25) is 4.79 Å². The molecule has 0 radical (unpaired) electrons. The van der Waals surface area contributed by atoms with Crippen molar-refractivity contribution in [3.63, 3.8) is 0 Å². The van der Waals surface area contributed by atoms with Crippen LogP contribution >= 0.6 is 23.1 Å². The third-order valence-electron chi connectivity index (χ3n) is 2.79. The SMILES string of the molecule is Cc1csc2c(=O)cc(N(C)CCSCCO)oc12. The summed E-state index contributed by atoms with van der Waals surface area (Å²) in [6.45, 7) is 2.93. The minimum atomic E-state index is 0.0178. The fourth-order valence-corrected chi connectivity index (χ4v) is 3.33. The van der Waals surface area contributed by atoms with Gasteiger partial charge >= 0.3 is 0 Å². The van der Waals surface area contributed by atoms with Gasteiger partial charge in [-0.25, -0.2) is 0 Å². The molecule has 0 aliphatic rings. The predicted octanol–water partition coefficient (Wildman–Crippen LogP) is 2.32. The van der Waals surface area contributed by atoms with Crippen molar-refractivity contribution in [3.05, 3.63) is 27.2 Å². The predicted molar refractivity (Wildman–Crippen MR) is 82.8 cm³/mol. The molecule has 19 heavy (non-hydrogen) atoms. The molecule has 0 fully saturated rings. The van der Waals surface area contributed by atoms with E-state index in [-0.39, 0.29) is 12.0 Å². The number of aliphatic hydroxyl groups excluding tert-OH is 1. The topological polar surface area (TPSA) is 53.7 Å². The van der Waals surface area contributed by atoms with E-state index in [1.54, 1.807) is 17.8 Å². The lowest BCUT2D eigenvalue weighted by molar-refractivity contribution is 0.322. The highest BCUT2D eigenvalue weighted by atomic mass is 32.2. The minimum Gasteiger partial charge on any atom is -0.439 e. The number of hydrogen-bond donors (Lipinski definition) is 1. The van der Waals surface area contributed by atoms with Gasteiger partial charge in [-0.2, -0.15) is 11.8 Å². The highest BCUT2D eigenvalue weighted by Gasteiger charge is 2.11. The molecule has 0 saturated carbocycles. The van der Waals surface area contributed by atoms with E-state index in [4.69, 9.17) is 9.52 Å². The quantitative estimate of drug-likeness (QED) is 0.830. The minimum absolute atomic E-state index is 0.0178. The second kappa shape index (κ2) is 6.45. The second-order valence-corrected chi connectivity index (χ2v) is 6.39. The van der Waals surface area contributed by atoms with Gasteiger partial charge in [0.15, 0.2) is 11.5 Å². The maximum absolute atomic E-state index is 12.0. The average Bonchev–Trinajstić information content (AvgIpc) is 2.77. The van der Waals surface area contributed by atoms with Crippen molar-refractivity contribution >= 4 is 39.3 Å². The Hall–Kier alpha value is -0.980. The summed E-state index contributed by atoms with van der Waals surface area (Å²) in [6, 6.07) is 1.55. The average molecular weight is 299 g/mol. The largest absolute Gasteiger partial charge is 0.439 e. The Bertz CT molecular complexity index is 605. The molecule has 0 unspecified atom stereocenters. The van der Waals surface area contributed by atoms with Crippen LogP contribution in [0.4, 0.5) is 5.88 Å². The summed E-state index contributed by atoms with van der Waals surface area (Å²) >= 11 is 3.11. The summed E-state index contributed by atoms with van der Waals surface area (Å²) in [5.41, 5.74) is 1.72. The van der Waals surface area contributed by atoms with Gasteiger partial charge in [0.1, 0.15) is 4.70 Å². The van der Waals surface area contributed by atoms with Gasteiger partial charge in [0.05, 0.1) is 6.61 Å². The molecule has 0 spiro atoms. The van der Waals surface area contributed by atoms with Crippen molar-refractivity contribution in [3.8, 4) is 0 Å². The molecule has 1 N–H and O–H groups in total. The molecule has 0 aromatic carbocycles. The van der Waals surface area contributed by atoms with Gasteiger partial charge in [0.25, 0.3) is 0 Å². The van der Waals surface area contributed by atoms with E-state index in [0.29, 0.717) is 16.2 Å². The van der Waals surface area contributed by atoms with E-state index in [1.807, 2.05) is 24.3 Å². The molecule has 104 valence electrons. The molecule has 4 nitrogen and oxygen atoms in total. The number of thioether (sulfide) groups is 1. The normalized spacial score (nSPS) is 11.1. The molecule has 0 amide bonds. The first-order valence-corrected chi connectivity index (χ1v) is 8.08. The first-order chi connectivity index (χ1) is 9.13. The van der Waals surface area contributed by atoms with E-state index in [1.165, 1.54) is 11.3 Å². The summed E-state index contributed by atoms with van der Waals surface area (Å²) < 4.78 is 6.49. The number of rotatable bonds is 6. The maximum Gasteiger partial charge on any atom is 0.204 e. The fourth-order valence-electron chi connectivity index (χ4n) is 1.71. The van der Waals surface area contributed by atoms with E-state index in [0.717, 1.165) is 23.6 Å². The Morgan fingerprint density at radius 1 is 1.47 bits per heavy atom. The number of hydrogen-bond acceptors (Lipinski definition) is 6. The molecule has 0 bridgehead atoms. The van der Waals surface area contributed by atoms with Crippen LogP contribution in [0.25, 0.3) is 10.3 Å². The Morgan fingerprint density at radius 3 is 3.00 bits per heavy atom. The van der Waals surface area contributed by atoms with Crippen LogP contribution in [0.1, 0.15) is 5.56 Å². The number of aryl methyl sites for hydroxylation is 1. The molecule has 2 aromatic heterocycles. The van der Waals surface area contributed by atoms with Gasteiger partial charge in [-0.1, -0.05) is 0 Å². The molecule has 2 rings (SSSR count). The van der Waals surface area contributed by atoms with Crippen LogP contribution in [0.2, 0.25) is 0 Å². The monoisotopic (exact) mass is 299 g/mol. The van der Waals surface area contributed by atoms with E-state index in [2.05, 4.69) is 0 Å². The van der Waals surface area contributed by atoms with Crippen LogP contribution in [-0.2, 0) is 0 Å². The Kier molecular flexibility index (Phi) is 4.90. The Labute approximate surface area is 120 Å². The lowest BCUT2D eigenvalue weighted by atomic mass is 10.3. The summed E-state index contributed by atoms with van der Waals surface area (Å²) in [7, 11) is 1.91. The number of anilines is 1. The first-order valence-electron chi connectivity index (χ1n) is 6.05. The van der Waals surface area contributed by atoms with Gasteiger partial charge in [0.2, 0.25) is 5.43 Å². The summed E-state index contributed by atoms with van der Waals surface area (Å²) in [5.74, 6) is 2.23. The lowest BCUT2D eigenvalue weighted by Gasteiger charge is -2.17. The van der Waals surface area contributed by atoms with Gasteiger partial charge < -0.3 is 14.4 Å². The molecule has 0 saturated heterocycles. The molecule has 0 aliphatic carbocycles. The van der Waals surface area contributed by atoms with Gasteiger partial charge in [0, 0.05) is 36.7 Å². The lowest BCUT2D eigenvalue weighted by Crippen LogP contribution is -2.21. The summed E-state index contributed by atoms with van der Waals surface area (Å²) in [6.07, 6.45) is 0. The molecular formula is C13H17NO3S2. The van der Waals surface area contributed by atoms with Crippen molar-refractivity contribution < 1.29 is 9.52 Å². The third-order valence-corrected chi connectivity index (χ3v) is 4.82. The Balaban J connectivity index is 2.15. The highest BCUT2D eigenvalue weighted by molar-refractivity contribution is 7.99. The van der Waals surface area contributed by atoms with Crippen LogP contribution in [-0.4, -0.2) is 36.8 Å². The smallest absolute Gasteiger partial charge is 0.204 e. The molecule has 2 heterocycles. The molecule has 2 aromatic rings. The van der Waals surface area contributed by atoms with E-state index >= 15 is 0 Å². The van der Waals surface area contributed by atoms with Crippen molar-refractivity contribution in [2.24, 2.45) is 0 Å². The maximum atomic E-state index is 12.0. The first kappa shape index (κ1) is 14.4. The number of aliphatic hydroxyl groups is 1. The molecular weight excluding hydrogens is 282 g/mol. The van der Waals surface area contributed by atoms with Crippen LogP contribution in [0.5, 0.6) is 0 Å². The van der Waals surface area contributed by atoms with Crippen LogP contribution < -0.4 is 10.3 Å². The number of thiophene rings is 1. The number of nitrogens with zero attached hydrogens (tertiary/aromatic N) is 1. The zero-order valence-corrected chi connectivity index (χ0v) is 12.6. The van der Waals surface area contributed by atoms with Crippen LogP contribution in [0.3, 0.4) is 0 Å². The number of fused-ring (bicyclic) bond motifs is 1. The van der Waals surface area contributed by atoms with E-state index in [9.17, 15) is 4.79 Å². The van der Waals surface area contributed by atoms with Crippen LogP contribution in [0.15, 0.2) is 20.7 Å². The molecule has 0 aliphatic heterocycles. The van der Waals surface area contributed by atoms with Crippen molar-refractivity contribution in [1.82, 2.24) is 0 Å². The standard InChI is InChI=1S/C13H17NO3S2/c1-9-8-19-13-10(16)7-11(17-12(9)13)14(2)3-5-18-6-4-15/h7-8,15H,3-6H2,1-2H3. The summed E-state index contributed by atoms with van der Waals surface area (Å²) in [5, 5.41) is 10.7. The third kappa shape index (κ3) is 3.32. The molecule has 6 heteroatoms. The van der Waals surface area contributed by atoms with Gasteiger partial charge in [-0.15, -0.1) is 11.3 Å². The fraction of sp³-hybridized carbons (Fsp3) is 0.462. The highest BCUT2D eigenvalue weighted by Crippen LogP contribution is 2.26. The summed E-state index contributed by atoms with van der Waals surface area (Å²) in [4.78, 5) is 13.9. The van der Waals surface area contributed by atoms with Crippen molar-refractivity contribution in [2.45, 2.75) is 6.92 Å². The molecule has 0 atom stereocenters. The Morgan fingerprint density at radius 2 is 2.26 bits per heavy atom. The van der Waals surface area contributed by atoms with E-state index < -0.39 is 0 Å². The zero-order chi connectivity index (χ0) is 13.8. The zero-order valence-electron chi connectivity index (χ0n) is 11.0. The van der Waals surface area contributed by atoms with Crippen molar-refractivity contribution in [1.29, 1.82) is 0 Å².